The first kappa shape index (κ1) is 12.4. The highest BCUT2D eigenvalue weighted by Crippen LogP contribution is 2.29. The number of nitrogens with two attached hydrogens (primary N) is 1. The van der Waals surface area contributed by atoms with Gasteiger partial charge in [-0.3, -0.25) is 5.10 Å². The van der Waals surface area contributed by atoms with E-state index in [0.29, 0.717) is 6.54 Å². The van der Waals surface area contributed by atoms with Crippen molar-refractivity contribution >= 4 is 15.8 Å². The Labute approximate surface area is 101 Å². The first-order valence-electron chi connectivity index (χ1n) is 5.88. The molecule has 0 radical (unpaired) electrons. The van der Waals surface area contributed by atoms with Crippen LogP contribution in [0.1, 0.15) is 32.6 Å². The van der Waals surface area contributed by atoms with Crippen LogP contribution in [0.25, 0.3) is 0 Å². The van der Waals surface area contributed by atoms with E-state index in [4.69, 9.17) is 5.73 Å². The molecule has 0 saturated heterocycles. The zero-order valence-corrected chi connectivity index (χ0v) is 10.7. The van der Waals surface area contributed by atoms with Crippen molar-refractivity contribution in [2.45, 2.75) is 43.5 Å². The Hall–Kier alpha value is -1.08. The van der Waals surface area contributed by atoms with Gasteiger partial charge < -0.3 is 5.73 Å². The summed E-state index contributed by atoms with van der Waals surface area (Å²) in [6, 6.07) is 0.110. The molecule has 1 heterocycles. The molecule has 17 heavy (non-hydrogen) atoms. The fraction of sp³-hybridized carbons (Fsp3) is 0.700. The maximum Gasteiger partial charge on any atom is 0.248 e. The fourth-order valence-corrected chi connectivity index (χ4v) is 4.14. The number of nitrogen functional groups attached to an aromatic ring is 1. The molecule has 6 nitrogen and oxygen atoms in total. The number of hydrogen-bond acceptors (Lipinski definition) is 4. The molecule has 0 amide bonds. The number of hydrogen-bond donors (Lipinski definition) is 2. The number of nitrogens with one attached hydrogen (secondary N) is 1. The topological polar surface area (TPSA) is 92.1 Å². The molecular formula is C10H18N4O2S. The van der Waals surface area contributed by atoms with Crippen LogP contribution in [-0.2, 0) is 10.0 Å². The standard InChI is InChI=1S/C10H18N4O2S/c1-2-14(8-5-3-4-6-8)17(15,16)9-7-12-13-10(9)11/h7-8H,2-6H2,1H3,(H3,11,12,13). The average Bonchev–Trinajstić information content (AvgIpc) is 2.89. The summed E-state index contributed by atoms with van der Waals surface area (Å²) in [5.74, 6) is 0.112. The monoisotopic (exact) mass is 258 g/mol. The second kappa shape index (κ2) is 4.66. The lowest BCUT2D eigenvalue weighted by molar-refractivity contribution is 0.335. The van der Waals surface area contributed by atoms with Gasteiger partial charge >= 0.3 is 0 Å². The van der Waals surface area contributed by atoms with Gasteiger partial charge in [0.1, 0.15) is 10.7 Å². The molecule has 0 atom stereocenters. The van der Waals surface area contributed by atoms with Crippen LogP contribution in [0.3, 0.4) is 0 Å². The lowest BCUT2D eigenvalue weighted by Crippen LogP contribution is -2.38. The average molecular weight is 258 g/mol. The highest BCUT2D eigenvalue weighted by Gasteiger charge is 2.33. The van der Waals surface area contributed by atoms with E-state index >= 15 is 0 Å². The van der Waals surface area contributed by atoms with Gasteiger partial charge in [0.25, 0.3) is 0 Å². The van der Waals surface area contributed by atoms with E-state index in [1.807, 2.05) is 6.92 Å². The van der Waals surface area contributed by atoms with Crippen LogP contribution in [0.5, 0.6) is 0 Å². The Kier molecular flexibility index (Phi) is 3.39. The van der Waals surface area contributed by atoms with Gasteiger partial charge in [-0.15, -0.1) is 0 Å². The number of rotatable bonds is 4. The Morgan fingerprint density at radius 3 is 2.65 bits per heavy atom. The van der Waals surface area contributed by atoms with Gasteiger partial charge in [-0.05, 0) is 12.8 Å². The smallest absolute Gasteiger partial charge is 0.248 e. The van der Waals surface area contributed by atoms with Crippen LogP contribution >= 0.6 is 0 Å². The first-order valence-corrected chi connectivity index (χ1v) is 7.32. The predicted octanol–water partition coefficient (Wildman–Crippen LogP) is 0.945. The van der Waals surface area contributed by atoms with Gasteiger partial charge in [-0.1, -0.05) is 19.8 Å². The quantitative estimate of drug-likeness (QED) is 0.840. The molecule has 1 aliphatic carbocycles. The lowest BCUT2D eigenvalue weighted by Gasteiger charge is -2.26. The molecular weight excluding hydrogens is 240 g/mol. The lowest BCUT2D eigenvalue weighted by atomic mass is 10.2. The maximum atomic E-state index is 12.4. The summed E-state index contributed by atoms with van der Waals surface area (Å²) >= 11 is 0. The minimum absolute atomic E-state index is 0.0891. The third kappa shape index (κ3) is 2.16. The van der Waals surface area contributed by atoms with Crippen molar-refractivity contribution in [3.05, 3.63) is 6.20 Å². The molecule has 0 aromatic carbocycles. The minimum atomic E-state index is -3.51. The second-order valence-corrected chi connectivity index (χ2v) is 6.15. The van der Waals surface area contributed by atoms with E-state index in [9.17, 15) is 8.42 Å². The molecule has 1 fully saturated rings. The SMILES string of the molecule is CCN(C1CCCC1)S(=O)(=O)c1cn[nH]c1N. The van der Waals surface area contributed by atoms with Gasteiger partial charge in [0, 0.05) is 12.6 Å². The molecule has 3 N–H and O–H groups in total. The summed E-state index contributed by atoms with van der Waals surface area (Å²) in [5, 5.41) is 6.14. The minimum Gasteiger partial charge on any atom is -0.383 e. The van der Waals surface area contributed by atoms with Gasteiger partial charge in [0.2, 0.25) is 10.0 Å². The van der Waals surface area contributed by atoms with E-state index in [0.717, 1.165) is 25.7 Å². The zero-order valence-electron chi connectivity index (χ0n) is 9.89. The summed E-state index contributed by atoms with van der Waals surface area (Å²) in [5.41, 5.74) is 5.59. The number of aromatic nitrogens is 2. The third-order valence-electron chi connectivity index (χ3n) is 3.26. The highest BCUT2D eigenvalue weighted by molar-refractivity contribution is 7.89. The first-order chi connectivity index (χ1) is 8.07. The van der Waals surface area contributed by atoms with Crippen molar-refractivity contribution in [2.24, 2.45) is 0 Å². The van der Waals surface area contributed by atoms with E-state index < -0.39 is 10.0 Å². The van der Waals surface area contributed by atoms with Crippen LogP contribution in [0, 0.1) is 0 Å². The van der Waals surface area contributed by atoms with Crippen molar-refractivity contribution in [3.8, 4) is 0 Å². The van der Waals surface area contributed by atoms with Gasteiger partial charge in [-0.25, -0.2) is 8.42 Å². The molecule has 0 aliphatic heterocycles. The van der Waals surface area contributed by atoms with E-state index in [1.165, 1.54) is 6.20 Å². The second-order valence-electron chi connectivity index (χ2n) is 4.29. The molecule has 0 spiro atoms. The molecule has 0 bridgehead atoms. The van der Waals surface area contributed by atoms with Crippen molar-refractivity contribution in [3.63, 3.8) is 0 Å². The number of H-pyrrole nitrogens is 1. The van der Waals surface area contributed by atoms with Gasteiger partial charge in [0.05, 0.1) is 6.20 Å². The molecule has 1 aliphatic rings. The molecule has 2 rings (SSSR count). The van der Waals surface area contributed by atoms with Gasteiger partial charge in [0.15, 0.2) is 0 Å². The number of anilines is 1. The van der Waals surface area contributed by atoms with Gasteiger partial charge in [-0.2, -0.15) is 9.40 Å². The van der Waals surface area contributed by atoms with E-state index in [2.05, 4.69) is 10.2 Å². The van der Waals surface area contributed by atoms with E-state index in [1.54, 1.807) is 4.31 Å². The molecule has 1 aromatic rings. The molecule has 0 unspecified atom stereocenters. The Morgan fingerprint density at radius 2 is 2.18 bits per heavy atom. The number of aromatic amines is 1. The largest absolute Gasteiger partial charge is 0.383 e. The molecule has 1 saturated carbocycles. The summed E-state index contributed by atoms with van der Waals surface area (Å²) in [6.07, 6.45) is 5.34. The molecule has 7 heteroatoms. The van der Waals surface area contributed by atoms with Crippen LogP contribution in [0.2, 0.25) is 0 Å². The Balaban J connectivity index is 2.33. The summed E-state index contributed by atoms with van der Waals surface area (Å²) in [6.45, 7) is 2.32. The van der Waals surface area contributed by atoms with Crippen LogP contribution < -0.4 is 5.73 Å². The fourth-order valence-electron chi connectivity index (χ4n) is 2.43. The predicted molar refractivity (Wildman–Crippen MR) is 64.8 cm³/mol. The summed E-state index contributed by atoms with van der Waals surface area (Å²) < 4.78 is 26.4. The summed E-state index contributed by atoms with van der Waals surface area (Å²) in [7, 11) is -3.51. The molecule has 1 aromatic heterocycles. The number of nitrogens with zero attached hydrogens (tertiary/aromatic N) is 2. The van der Waals surface area contributed by atoms with Crippen LogP contribution in [0.4, 0.5) is 5.82 Å². The van der Waals surface area contributed by atoms with Crippen molar-refractivity contribution in [1.82, 2.24) is 14.5 Å². The van der Waals surface area contributed by atoms with Crippen LogP contribution in [0.15, 0.2) is 11.1 Å². The number of sulfonamides is 1. The van der Waals surface area contributed by atoms with E-state index in [-0.39, 0.29) is 16.8 Å². The normalized spacial score (nSPS) is 18.0. The third-order valence-corrected chi connectivity index (χ3v) is 5.32. The maximum absolute atomic E-state index is 12.4. The van der Waals surface area contributed by atoms with Crippen molar-refractivity contribution in [1.29, 1.82) is 0 Å². The highest BCUT2D eigenvalue weighted by atomic mass is 32.2. The van der Waals surface area contributed by atoms with Crippen LogP contribution in [-0.4, -0.2) is 35.5 Å². The van der Waals surface area contributed by atoms with Crippen molar-refractivity contribution < 1.29 is 8.42 Å². The Morgan fingerprint density at radius 1 is 1.53 bits per heavy atom. The zero-order chi connectivity index (χ0) is 12.5. The van der Waals surface area contributed by atoms with Crippen molar-refractivity contribution in [2.75, 3.05) is 12.3 Å². The summed E-state index contributed by atoms with van der Waals surface area (Å²) in [4.78, 5) is 0.0891. The Bertz CT molecular complexity index is 476. The molecule has 96 valence electrons.